The maximum Gasteiger partial charge on any atom is 0.277 e. The molecule has 0 saturated heterocycles. The molecular formula is C20H24N2O3. The van der Waals surface area contributed by atoms with E-state index in [-0.39, 0.29) is 12.5 Å². The summed E-state index contributed by atoms with van der Waals surface area (Å²) in [6.45, 7) is 6.66. The largest absolute Gasteiger partial charge is 0.493 e. The summed E-state index contributed by atoms with van der Waals surface area (Å²) in [4.78, 5) is 11.8. The molecule has 0 heterocycles. The third kappa shape index (κ3) is 5.95. The maximum atomic E-state index is 11.8. The number of hydrogen-bond acceptors (Lipinski definition) is 4. The van der Waals surface area contributed by atoms with Crippen molar-refractivity contribution in [2.45, 2.75) is 26.7 Å². The van der Waals surface area contributed by atoms with Crippen LogP contribution in [0.15, 0.2) is 53.6 Å². The number of ether oxygens (including phenoxy) is 2. The quantitative estimate of drug-likeness (QED) is 0.588. The van der Waals surface area contributed by atoms with Gasteiger partial charge in [-0.2, -0.15) is 5.10 Å². The molecular weight excluding hydrogens is 316 g/mol. The van der Waals surface area contributed by atoms with E-state index >= 15 is 0 Å². The first-order chi connectivity index (χ1) is 12.1. The van der Waals surface area contributed by atoms with Gasteiger partial charge in [0.05, 0.1) is 12.8 Å². The Morgan fingerprint density at radius 3 is 2.52 bits per heavy atom. The van der Waals surface area contributed by atoms with Crippen molar-refractivity contribution in [2.75, 3.05) is 13.2 Å². The van der Waals surface area contributed by atoms with Crippen molar-refractivity contribution in [3.05, 3.63) is 59.7 Å². The maximum absolute atomic E-state index is 11.8. The highest BCUT2D eigenvalue weighted by molar-refractivity contribution is 5.85. The summed E-state index contributed by atoms with van der Waals surface area (Å²) in [6.07, 6.45) is 1.56. The number of carbonyl (C=O) groups excluding carboxylic acids is 1. The van der Waals surface area contributed by atoms with Gasteiger partial charge in [0.2, 0.25) is 0 Å². The molecule has 5 heteroatoms. The van der Waals surface area contributed by atoms with Crippen LogP contribution in [-0.2, 0) is 4.79 Å². The Hall–Kier alpha value is -2.82. The second-order valence-corrected chi connectivity index (χ2v) is 5.78. The molecule has 2 aromatic rings. The van der Waals surface area contributed by atoms with Gasteiger partial charge in [0.1, 0.15) is 11.5 Å². The molecule has 1 amide bonds. The van der Waals surface area contributed by atoms with E-state index in [1.165, 1.54) is 5.56 Å². The van der Waals surface area contributed by atoms with Crippen molar-refractivity contribution in [1.82, 2.24) is 5.43 Å². The molecule has 0 atom stereocenters. The van der Waals surface area contributed by atoms with E-state index in [1.807, 2.05) is 55.5 Å². The Labute approximate surface area is 148 Å². The summed E-state index contributed by atoms with van der Waals surface area (Å²) < 4.78 is 11.0. The van der Waals surface area contributed by atoms with Gasteiger partial charge in [-0.15, -0.1) is 0 Å². The number of hydrogen-bond donors (Lipinski definition) is 1. The van der Waals surface area contributed by atoms with Gasteiger partial charge in [0.25, 0.3) is 5.91 Å². The Kier molecular flexibility index (Phi) is 7.01. The molecule has 132 valence electrons. The Morgan fingerprint density at radius 1 is 1.12 bits per heavy atom. The van der Waals surface area contributed by atoms with Crippen LogP contribution >= 0.6 is 0 Å². The topological polar surface area (TPSA) is 59.9 Å². The number of nitrogens with zero attached hydrogens (tertiary/aromatic N) is 1. The van der Waals surface area contributed by atoms with Crippen LogP contribution < -0.4 is 14.9 Å². The minimum Gasteiger partial charge on any atom is -0.493 e. The molecule has 25 heavy (non-hydrogen) atoms. The van der Waals surface area contributed by atoms with Gasteiger partial charge in [-0.25, -0.2) is 5.43 Å². The molecule has 0 aliphatic rings. The minimum absolute atomic E-state index is 0.0918. The van der Waals surface area contributed by atoms with Crippen LogP contribution in [0.4, 0.5) is 0 Å². The van der Waals surface area contributed by atoms with E-state index in [9.17, 15) is 4.79 Å². The monoisotopic (exact) mass is 340 g/mol. The fraction of sp³-hybridized carbons (Fsp3) is 0.300. The number of rotatable bonds is 8. The summed E-state index contributed by atoms with van der Waals surface area (Å²) in [5.74, 6) is 1.53. The van der Waals surface area contributed by atoms with Crippen molar-refractivity contribution in [3.63, 3.8) is 0 Å². The van der Waals surface area contributed by atoms with Crippen LogP contribution in [0.2, 0.25) is 0 Å². The molecule has 1 N–H and O–H groups in total. The SMILES string of the molecule is CCOc1ccccc1C=NNC(=O)COc1ccc(C(C)C)cc1. The van der Waals surface area contributed by atoms with Gasteiger partial charge in [-0.3, -0.25) is 4.79 Å². The first kappa shape index (κ1) is 18.5. The van der Waals surface area contributed by atoms with Crippen LogP contribution in [0.3, 0.4) is 0 Å². The van der Waals surface area contributed by atoms with E-state index in [1.54, 1.807) is 6.21 Å². The van der Waals surface area contributed by atoms with Crippen molar-refractivity contribution < 1.29 is 14.3 Å². The van der Waals surface area contributed by atoms with Gasteiger partial charge >= 0.3 is 0 Å². The van der Waals surface area contributed by atoms with Gasteiger partial charge < -0.3 is 9.47 Å². The molecule has 0 unspecified atom stereocenters. The lowest BCUT2D eigenvalue weighted by atomic mass is 10.0. The lowest BCUT2D eigenvalue weighted by molar-refractivity contribution is -0.123. The third-order valence-electron chi connectivity index (χ3n) is 3.53. The molecule has 0 spiro atoms. The lowest BCUT2D eigenvalue weighted by Crippen LogP contribution is -2.24. The number of nitrogens with one attached hydrogen (secondary N) is 1. The van der Waals surface area contributed by atoms with E-state index in [0.717, 1.165) is 11.3 Å². The number of para-hydroxylation sites is 1. The smallest absolute Gasteiger partial charge is 0.277 e. The molecule has 0 saturated carbocycles. The van der Waals surface area contributed by atoms with Gasteiger partial charge in [-0.1, -0.05) is 38.1 Å². The van der Waals surface area contributed by atoms with Crippen molar-refractivity contribution >= 4 is 12.1 Å². The molecule has 0 bridgehead atoms. The average Bonchev–Trinajstić information content (AvgIpc) is 2.62. The summed E-state index contributed by atoms with van der Waals surface area (Å²) in [5, 5.41) is 3.95. The first-order valence-electron chi connectivity index (χ1n) is 8.36. The molecule has 0 aromatic heterocycles. The second kappa shape index (κ2) is 9.47. The highest BCUT2D eigenvalue weighted by Crippen LogP contribution is 2.18. The molecule has 2 rings (SSSR count). The Morgan fingerprint density at radius 2 is 1.84 bits per heavy atom. The lowest BCUT2D eigenvalue weighted by Gasteiger charge is -2.08. The van der Waals surface area contributed by atoms with Gasteiger partial charge in [0.15, 0.2) is 6.61 Å². The standard InChI is InChI=1S/C20H24N2O3/c1-4-24-19-8-6-5-7-17(19)13-21-22-20(23)14-25-18-11-9-16(10-12-18)15(2)3/h5-13,15H,4,14H2,1-3H3,(H,22,23). The molecule has 0 aliphatic heterocycles. The van der Waals surface area contributed by atoms with Gasteiger partial charge in [-0.05, 0) is 42.7 Å². The van der Waals surface area contributed by atoms with Crippen molar-refractivity contribution in [1.29, 1.82) is 0 Å². The Balaban J connectivity index is 1.82. The van der Waals surface area contributed by atoms with E-state index in [2.05, 4.69) is 24.4 Å². The van der Waals surface area contributed by atoms with Crippen LogP contribution in [0, 0.1) is 0 Å². The second-order valence-electron chi connectivity index (χ2n) is 5.78. The molecule has 0 fully saturated rings. The van der Waals surface area contributed by atoms with E-state index in [0.29, 0.717) is 18.3 Å². The number of benzene rings is 2. The summed E-state index contributed by atoms with van der Waals surface area (Å²) in [5.41, 5.74) is 4.48. The fourth-order valence-electron chi connectivity index (χ4n) is 2.18. The van der Waals surface area contributed by atoms with Crippen LogP contribution in [0.25, 0.3) is 0 Å². The molecule has 0 aliphatic carbocycles. The fourth-order valence-corrected chi connectivity index (χ4v) is 2.18. The average molecular weight is 340 g/mol. The predicted molar refractivity (Wildman–Crippen MR) is 99.4 cm³/mol. The van der Waals surface area contributed by atoms with E-state index in [4.69, 9.17) is 9.47 Å². The van der Waals surface area contributed by atoms with Crippen molar-refractivity contribution in [3.8, 4) is 11.5 Å². The summed E-state index contributed by atoms with van der Waals surface area (Å²) in [6, 6.07) is 15.2. The van der Waals surface area contributed by atoms with Crippen LogP contribution in [-0.4, -0.2) is 25.3 Å². The zero-order chi connectivity index (χ0) is 18.1. The van der Waals surface area contributed by atoms with Crippen LogP contribution in [0.1, 0.15) is 37.8 Å². The summed E-state index contributed by atoms with van der Waals surface area (Å²) in [7, 11) is 0. The number of amides is 1. The van der Waals surface area contributed by atoms with Crippen LogP contribution in [0.5, 0.6) is 11.5 Å². The minimum atomic E-state index is -0.321. The van der Waals surface area contributed by atoms with E-state index < -0.39 is 0 Å². The van der Waals surface area contributed by atoms with Gasteiger partial charge in [0, 0.05) is 5.56 Å². The summed E-state index contributed by atoms with van der Waals surface area (Å²) >= 11 is 0. The third-order valence-corrected chi connectivity index (χ3v) is 3.53. The molecule has 2 aromatic carbocycles. The first-order valence-corrected chi connectivity index (χ1v) is 8.36. The number of carbonyl (C=O) groups is 1. The Bertz CT molecular complexity index is 709. The zero-order valence-electron chi connectivity index (χ0n) is 14.9. The highest BCUT2D eigenvalue weighted by atomic mass is 16.5. The molecule has 0 radical (unpaired) electrons. The van der Waals surface area contributed by atoms with Crippen molar-refractivity contribution in [2.24, 2.45) is 5.10 Å². The normalized spacial score (nSPS) is 10.9. The molecule has 5 nitrogen and oxygen atoms in total. The zero-order valence-corrected chi connectivity index (χ0v) is 14.9. The number of hydrazone groups is 1. The predicted octanol–water partition coefficient (Wildman–Crippen LogP) is 3.74. The highest BCUT2D eigenvalue weighted by Gasteiger charge is 2.04.